The van der Waals surface area contributed by atoms with Crippen LogP contribution in [0.4, 0.5) is 4.39 Å². The maximum absolute atomic E-state index is 13.1. The normalized spacial score (nSPS) is 15.1. The first-order chi connectivity index (χ1) is 14.0. The lowest BCUT2D eigenvalue weighted by Gasteiger charge is -2.35. The summed E-state index contributed by atoms with van der Waals surface area (Å²) in [5, 5.41) is 0. The Balaban J connectivity index is 1.46. The van der Waals surface area contributed by atoms with Crippen LogP contribution in [0.3, 0.4) is 0 Å². The van der Waals surface area contributed by atoms with Crippen molar-refractivity contribution in [3.05, 3.63) is 65.5 Å². The Kier molecular flexibility index (Phi) is 6.86. The maximum atomic E-state index is 13.1. The van der Waals surface area contributed by atoms with Gasteiger partial charge in [0, 0.05) is 32.6 Å². The van der Waals surface area contributed by atoms with Crippen molar-refractivity contribution in [2.75, 3.05) is 33.3 Å². The van der Waals surface area contributed by atoms with E-state index in [1.54, 1.807) is 19.2 Å². The predicted octanol–water partition coefficient (Wildman–Crippen LogP) is 3.24. The van der Waals surface area contributed by atoms with Gasteiger partial charge in [0.05, 0.1) is 13.5 Å². The number of amides is 2. The number of hydrogen-bond acceptors (Lipinski definition) is 3. The summed E-state index contributed by atoms with van der Waals surface area (Å²) in [4.78, 5) is 28.8. The van der Waals surface area contributed by atoms with Crippen LogP contribution in [-0.4, -0.2) is 54.9 Å². The van der Waals surface area contributed by atoms with E-state index in [2.05, 4.69) is 0 Å². The van der Waals surface area contributed by atoms with Crippen molar-refractivity contribution < 1.29 is 18.7 Å². The first-order valence-corrected chi connectivity index (χ1v) is 9.90. The fraction of sp³-hybridized carbons (Fsp3) is 0.391. The van der Waals surface area contributed by atoms with Gasteiger partial charge in [-0.1, -0.05) is 31.2 Å². The number of methoxy groups -OCH3 is 1. The van der Waals surface area contributed by atoms with Crippen LogP contribution in [0.5, 0.6) is 5.75 Å². The molecule has 0 saturated carbocycles. The van der Waals surface area contributed by atoms with Crippen LogP contribution in [0, 0.1) is 5.82 Å². The summed E-state index contributed by atoms with van der Waals surface area (Å²) in [5.74, 6) is 0.662. The first kappa shape index (κ1) is 20.8. The molecule has 0 radical (unpaired) electrons. The van der Waals surface area contributed by atoms with E-state index in [1.165, 1.54) is 12.1 Å². The zero-order chi connectivity index (χ0) is 20.8. The van der Waals surface area contributed by atoms with E-state index in [9.17, 15) is 14.0 Å². The number of carbonyl (C=O) groups is 2. The molecule has 2 aromatic carbocycles. The number of rotatable bonds is 6. The molecule has 0 spiro atoms. The van der Waals surface area contributed by atoms with Crippen LogP contribution in [0.2, 0.25) is 0 Å². The number of piperazine rings is 1. The minimum atomic E-state index is -0.275. The third-order valence-corrected chi connectivity index (χ3v) is 5.42. The van der Waals surface area contributed by atoms with Crippen LogP contribution in [-0.2, 0) is 16.0 Å². The molecule has 0 bridgehead atoms. The number of nitrogens with zero attached hydrogens (tertiary/aromatic N) is 2. The van der Waals surface area contributed by atoms with Gasteiger partial charge in [-0.05, 0) is 41.3 Å². The van der Waals surface area contributed by atoms with Crippen LogP contribution in [0.25, 0.3) is 0 Å². The number of halogens is 1. The zero-order valence-corrected chi connectivity index (χ0v) is 16.9. The predicted molar refractivity (Wildman–Crippen MR) is 109 cm³/mol. The summed E-state index contributed by atoms with van der Waals surface area (Å²) in [6.45, 7) is 4.16. The first-order valence-electron chi connectivity index (χ1n) is 9.90. The molecule has 6 heteroatoms. The standard InChI is InChI=1S/C23H27FN2O3/c1-17(19-5-7-20(24)8-6-19)15-22(27)25-11-13-26(14-12-25)23(28)16-18-3-9-21(29-2)10-4-18/h3-10,17H,11-16H2,1-2H3. The lowest BCUT2D eigenvalue weighted by Crippen LogP contribution is -2.51. The Morgan fingerprint density at radius 2 is 1.48 bits per heavy atom. The Morgan fingerprint density at radius 3 is 2.03 bits per heavy atom. The molecule has 1 unspecified atom stereocenters. The molecule has 2 amide bonds. The average Bonchev–Trinajstić information content (AvgIpc) is 2.74. The SMILES string of the molecule is COc1ccc(CC(=O)N2CCN(C(=O)CC(C)c3ccc(F)cc3)CC2)cc1. The molecule has 1 aliphatic heterocycles. The number of ether oxygens (including phenoxy) is 1. The molecule has 1 saturated heterocycles. The third-order valence-electron chi connectivity index (χ3n) is 5.42. The van der Waals surface area contributed by atoms with Crippen molar-refractivity contribution in [1.29, 1.82) is 0 Å². The maximum Gasteiger partial charge on any atom is 0.227 e. The van der Waals surface area contributed by atoms with E-state index < -0.39 is 0 Å². The molecule has 1 atom stereocenters. The highest BCUT2D eigenvalue weighted by molar-refractivity contribution is 5.80. The molecule has 29 heavy (non-hydrogen) atoms. The summed E-state index contributed by atoms with van der Waals surface area (Å²) in [7, 11) is 1.61. The smallest absolute Gasteiger partial charge is 0.227 e. The summed E-state index contributed by atoms with van der Waals surface area (Å²) in [6, 6.07) is 13.8. The Bertz CT molecular complexity index is 828. The van der Waals surface area contributed by atoms with Crippen molar-refractivity contribution in [2.45, 2.75) is 25.7 Å². The quantitative estimate of drug-likeness (QED) is 0.751. The summed E-state index contributed by atoms with van der Waals surface area (Å²) < 4.78 is 18.2. The number of benzene rings is 2. The summed E-state index contributed by atoms with van der Waals surface area (Å²) in [6.07, 6.45) is 0.727. The van der Waals surface area contributed by atoms with Gasteiger partial charge in [0.25, 0.3) is 0 Å². The molecule has 2 aromatic rings. The molecule has 154 valence electrons. The minimum Gasteiger partial charge on any atom is -0.497 e. The molecule has 0 aliphatic carbocycles. The van der Waals surface area contributed by atoms with E-state index in [0.717, 1.165) is 16.9 Å². The van der Waals surface area contributed by atoms with Gasteiger partial charge in [0.1, 0.15) is 11.6 Å². The lowest BCUT2D eigenvalue weighted by atomic mass is 9.97. The average molecular weight is 398 g/mol. The van der Waals surface area contributed by atoms with Gasteiger partial charge in [0.2, 0.25) is 11.8 Å². The minimum absolute atomic E-state index is 0.0258. The van der Waals surface area contributed by atoms with Crippen molar-refractivity contribution in [1.82, 2.24) is 9.80 Å². The molecule has 1 fully saturated rings. The van der Waals surface area contributed by atoms with Crippen LogP contribution >= 0.6 is 0 Å². The Morgan fingerprint density at radius 1 is 0.931 bits per heavy atom. The molecule has 1 heterocycles. The molecule has 5 nitrogen and oxygen atoms in total. The second-order valence-electron chi connectivity index (χ2n) is 7.44. The lowest BCUT2D eigenvalue weighted by molar-refractivity contribution is -0.139. The van der Waals surface area contributed by atoms with Gasteiger partial charge in [0.15, 0.2) is 0 Å². The largest absolute Gasteiger partial charge is 0.497 e. The summed E-state index contributed by atoms with van der Waals surface area (Å²) >= 11 is 0. The fourth-order valence-corrected chi connectivity index (χ4v) is 3.54. The van der Waals surface area contributed by atoms with Gasteiger partial charge in [-0.2, -0.15) is 0 Å². The number of carbonyl (C=O) groups excluding carboxylic acids is 2. The van der Waals surface area contributed by atoms with Crippen LogP contribution < -0.4 is 4.74 Å². The molecular formula is C23H27FN2O3. The fourth-order valence-electron chi connectivity index (χ4n) is 3.54. The van der Waals surface area contributed by atoms with Gasteiger partial charge >= 0.3 is 0 Å². The van der Waals surface area contributed by atoms with E-state index >= 15 is 0 Å². The van der Waals surface area contributed by atoms with Crippen molar-refractivity contribution in [2.24, 2.45) is 0 Å². The van der Waals surface area contributed by atoms with Gasteiger partial charge in [-0.15, -0.1) is 0 Å². The van der Waals surface area contributed by atoms with Crippen molar-refractivity contribution >= 4 is 11.8 Å². The van der Waals surface area contributed by atoms with E-state index in [1.807, 2.05) is 41.0 Å². The highest BCUT2D eigenvalue weighted by atomic mass is 19.1. The molecular weight excluding hydrogens is 371 g/mol. The van der Waals surface area contributed by atoms with Gasteiger partial charge in [-0.3, -0.25) is 9.59 Å². The van der Waals surface area contributed by atoms with Crippen LogP contribution in [0.15, 0.2) is 48.5 Å². The van der Waals surface area contributed by atoms with Gasteiger partial charge in [-0.25, -0.2) is 4.39 Å². The topological polar surface area (TPSA) is 49.9 Å². The monoisotopic (exact) mass is 398 g/mol. The Hall–Kier alpha value is -2.89. The molecule has 0 N–H and O–H groups in total. The van der Waals surface area contributed by atoms with Gasteiger partial charge < -0.3 is 14.5 Å². The van der Waals surface area contributed by atoms with Crippen molar-refractivity contribution in [3.63, 3.8) is 0 Å². The Labute approximate surface area is 171 Å². The third kappa shape index (κ3) is 5.56. The summed E-state index contributed by atoms with van der Waals surface area (Å²) in [5.41, 5.74) is 1.90. The number of hydrogen-bond donors (Lipinski definition) is 0. The highest BCUT2D eigenvalue weighted by Crippen LogP contribution is 2.21. The molecule has 0 aromatic heterocycles. The van der Waals surface area contributed by atoms with E-state index in [-0.39, 0.29) is 23.5 Å². The van der Waals surface area contributed by atoms with Crippen molar-refractivity contribution in [3.8, 4) is 5.75 Å². The molecule has 1 aliphatic rings. The second-order valence-corrected chi connectivity index (χ2v) is 7.44. The highest BCUT2D eigenvalue weighted by Gasteiger charge is 2.25. The van der Waals surface area contributed by atoms with Crippen LogP contribution in [0.1, 0.15) is 30.4 Å². The zero-order valence-electron chi connectivity index (χ0n) is 16.9. The second kappa shape index (κ2) is 9.54. The van der Waals surface area contributed by atoms with E-state index in [4.69, 9.17) is 4.74 Å². The van der Waals surface area contributed by atoms with E-state index in [0.29, 0.717) is 39.0 Å². The molecule has 3 rings (SSSR count).